The Morgan fingerprint density at radius 1 is 1.39 bits per heavy atom. The van der Waals surface area contributed by atoms with Crippen molar-refractivity contribution in [3.63, 3.8) is 0 Å². The Balaban J connectivity index is 2.57. The van der Waals surface area contributed by atoms with E-state index in [2.05, 4.69) is 11.8 Å². The van der Waals surface area contributed by atoms with E-state index >= 15 is 0 Å². The van der Waals surface area contributed by atoms with Gasteiger partial charge in [0, 0.05) is 32.1 Å². The molecule has 1 rings (SSSR count). The first kappa shape index (κ1) is 14.6. The maximum Gasteiger partial charge on any atom is 0.120 e. The van der Waals surface area contributed by atoms with Gasteiger partial charge in [-0.1, -0.05) is 17.9 Å². The molecule has 1 aromatic carbocycles. The third-order valence-electron chi connectivity index (χ3n) is 2.37. The monoisotopic (exact) mass is 248 g/mol. The average molecular weight is 248 g/mol. The zero-order chi connectivity index (χ0) is 13.2. The summed E-state index contributed by atoms with van der Waals surface area (Å²) in [4.78, 5) is 0. The zero-order valence-corrected chi connectivity index (χ0v) is 11.0. The van der Waals surface area contributed by atoms with E-state index in [1.54, 1.807) is 7.11 Å². The van der Waals surface area contributed by atoms with Crippen molar-refractivity contribution in [2.24, 2.45) is 0 Å². The number of methoxy groups -OCH3 is 1. The highest BCUT2D eigenvalue weighted by Crippen LogP contribution is 2.15. The Morgan fingerprint density at radius 2 is 2.22 bits per heavy atom. The summed E-state index contributed by atoms with van der Waals surface area (Å²) in [5.41, 5.74) is 0.903. The topological polar surface area (TPSA) is 38.7 Å². The lowest BCUT2D eigenvalue weighted by Crippen LogP contribution is -2.14. The number of ether oxygens (including phenoxy) is 2. The van der Waals surface area contributed by atoms with E-state index in [0.717, 1.165) is 17.7 Å². The van der Waals surface area contributed by atoms with Crippen molar-refractivity contribution in [2.75, 3.05) is 20.3 Å². The molecule has 98 valence electrons. The fourth-order valence-electron chi connectivity index (χ4n) is 1.44. The molecule has 0 bridgehead atoms. The van der Waals surface area contributed by atoms with Crippen LogP contribution in [-0.4, -0.2) is 31.5 Å². The SMILES string of the molecule is COCCC(C)Oc1cccc(C#CCCO)c1. The van der Waals surface area contributed by atoms with Crippen LogP contribution in [0.2, 0.25) is 0 Å². The van der Waals surface area contributed by atoms with E-state index in [4.69, 9.17) is 14.6 Å². The van der Waals surface area contributed by atoms with E-state index in [9.17, 15) is 0 Å². The van der Waals surface area contributed by atoms with E-state index in [1.807, 2.05) is 31.2 Å². The minimum Gasteiger partial charge on any atom is -0.491 e. The largest absolute Gasteiger partial charge is 0.491 e. The maximum absolute atomic E-state index is 8.66. The van der Waals surface area contributed by atoms with Crippen LogP contribution >= 0.6 is 0 Å². The predicted octanol–water partition coefficient (Wildman–Crippen LogP) is 2.22. The Bertz CT molecular complexity index is 404. The van der Waals surface area contributed by atoms with Crippen LogP contribution in [0.1, 0.15) is 25.3 Å². The number of aliphatic hydroxyl groups excluding tert-OH is 1. The summed E-state index contributed by atoms with van der Waals surface area (Å²) in [6.45, 7) is 2.80. The van der Waals surface area contributed by atoms with Crippen molar-refractivity contribution in [1.82, 2.24) is 0 Å². The Kier molecular flexibility index (Phi) is 6.93. The van der Waals surface area contributed by atoms with Gasteiger partial charge in [0.25, 0.3) is 0 Å². The average Bonchev–Trinajstić information content (AvgIpc) is 2.37. The highest BCUT2D eigenvalue weighted by Gasteiger charge is 2.03. The van der Waals surface area contributed by atoms with Crippen LogP contribution in [0.15, 0.2) is 24.3 Å². The molecule has 0 aliphatic rings. The van der Waals surface area contributed by atoms with Crippen LogP contribution in [-0.2, 0) is 4.74 Å². The normalized spacial score (nSPS) is 11.5. The van der Waals surface area contributed by atoms with E-state index in [0.29, 0.717) is 13.0 Å². The molecular weight excluding hydrogens is 228 g/mol. The number of aliphatic hydroxyl groups is 1. The fraction of sp³-hybridized carbons (Fsp3) is 0.467. The molecule has 0 fully saturated rings. The Morgan fingerprint density at radius 3 is 2.94 bits per heavy atom. The van der Waals surface area contributed by atoms with Gasteiger partial charge < -0.3 is 14.6 Å². The molecule has 0 aliphatic carbocycles. The molecule has 1 unspecified atom stereocenters. The van der Waals surface area contributed by atoms with E-state index < -0.39 is 0 Å². The smallest absolute Gasteiger partial charge is 0.120 e. The first-order chi connectivity index (χ1) is 8.76. The van der Waals surface area contributed by atoms with Gasteiger partial charge in [-0.2, -0.15) is 0 Å². The van der Waals surface area contributed by atoms with Gasteiger partial charge in [-0.3, -0.25) is 0 Å². The van der Waals surface area contributed by atoms with Gasteiger partial charge in [-0.05, 0) is 25.1 Å². The van der Waals surface area contributed by atoms with Crippen molar-refractivity contribution < 1.29 is 14.6 Å². The maximum atomic E-state index is 8.66. The first-order valence-corrected chi connectivity index (χ1v) is 6.11. The van der Waals surface area contributed by atoms with Gasteiger partial charge in [0.2, 0.25) is 0 Å². The molecule has 0 amide bonds. The van der Waals surface area contributed by atoms with Crippen molar-refractivity contribution in [3.05, 3.63) is 29.8 Å². The van der Waals surface area contributed by atoms with Crippen LogP contribution in [0, 0.1) is 11.8 Å². The van der Waals surface area contributed by atoms with Crippen molar-refractivity contribution >= 4 is 0 Å². The minimum atomic E-state index is 0.0945. The van der Waals surface area contributed by atoms with Gasteiger partial charge >= 0.3 is 0 Å². The molecule has 0 saturated carbocycles. The lowest BCUT2D eigenvalue weighted by Gasteiger charge is -2.14. The summed E-state index contributed by atoms with van der Waals surface area (Å²) in [7, 11) is 1.68. The molecule has 1 N–H and O–H groups in total. The Labute approximate surface area is 109 Å². The molecule has 0 radical (unpaired) electrons. The summed E-state index contributed by atoms with van der Waals surface area (Å²) in [5.74, 6) is 6.69. The van der Waals surface area contributed by atoms with Crippen LogP contribution in [0.25, 0.3) is 0 Å². The number of hydrogen-bond donors (Lipinski definition) is 1. The molecule has 0 aromatic heterocycles. The van der Waals surface area contributed by atoms with Crippen molar-refractivity contribution in [3.8, 4) is 17.6 Å². The van der Waals surface area contributed by atoms with E-state index in [1.165, 1.54) is 0 Å². The molecule has 1 atom stereocenters. The second kappa shape index (κ2) is 8.57. The molecule has 1 aromatic rings. The summed E-state index contributed by atoms with van der Waals surface area (Å²) < 4.78 is 10.8. The minimum absolute atomic E-state index is 0.0945. The van der Waals surface area contributed by atoms with Gasteiger partial charge in [0.05, 0.1) is 12.7 Å². The van der Waals surface area contributed by atoms with Gasteiger partial charge in [0.15, 0.2) is 0 Å². The first-order valence-electron chi connectivity index (χ1n) is 6.11. The summed E-state index contributed by atoms with van der Waals surface area (Å²) in [6, 6.07) is 7.67. The molecule has 0 heterocycles. The number of hydrogen-bond acceptors (Lipinski definition) is 3. The molecule has 0 saturated heterocycles. The summed E-state index contributed by atoms with van der Waals surface area (Å²) in [6.07, 6.45) is 1.47. The number of benzene rings is 1. The molecule has 0 spiro atoms. The lowest BCUT2D eigenvalue weighted by atomic mass is 10.2. The standard InChI is InChI=1S/C15H20O3/c1-13(9-11-17-2)18-15-8-5-7-14(12-15)6-3-4-10-16/h5,7-8,12-13,16H,4,9-11H2,1-2H3. The fourth-order valence-corrected chi connectivity index (χ4v) is 1.44. The van der Waals surface area contributed by atoms with Crippen LogP contribution < -0.4 is 4.74 Å². The summed E-state index contributed by atoms with van der Waals surface area (Å²) >= 11 is 0. The van der Waals surface area contributed by atoms with Crippen LogP contribution in [0.5, 0.6) is 5.75 Å². The van der Waals surface area contributed by atoms with Crippen LogP contribution in [0.3, 0.4) is 0 Å². The van der Waals surface area contributed by atoms with Gasteiger partial charge in [0.1, 0.15) is 5.75 Å². The zero-order valence-electron chi connectivity index (χ0n) is 11.0. The van der Waals surface area contributed by atoms with Crippen molar-refractivity contribution in [2.45, 2.75) is 25.9 Å². The number of rotatable bonds is 6. The highest BCUT2D eigenvalue weighted by molar-refractivity contribution is 5.39. The second-order valence-corrected chi connectivity index (χ2v) is 4.01. The second-order valence-electron chi connectivity index (χ2n) is 4.01. The molecule has 3 nitrogen and oxygen atoms in total. The Hall–Kier alpha value is -1.50. The summed E-state index contributed by atoms with van der Waals surface area (Å²) in [5, 5.41) is 8.66. The third-order valence-corrected chi connectivity index (χ3v) is 2.37. The predicted molar refractivity (Wildman–Crippen MR) is 71.6 cm³/mol. The third kappa shape index (κ3) is 5.72. The molecule has 3 heteroatoms. The van der Waals surface area contributed by atoms with E-state index in [-0.39, 0.29) is 12.7 Å². The molecular formula is C15H20O3. The van der Waals surface area contributed by atoms with Crippen molar-refractivity contribution in [1.29, 1.82) is 0 Å². The van der Waals surface area contributed by atoms with Gasteiger partial charge in [-0.15, -0.1) is 0 Å². The quantitative estimate of drug-likeness (QED) is 0.785. The molecule has 18 heavy (non-hydrogen) atoms. The lowest BCUT2D eigenvalue weighted by molar-refractivity contribution is 0.135. The highest BCUT2D eigenvalue weighted by atomic mass is 16.5. The van der Waals surface area contributed by atoms with Gasteiger partial charge in [-0.25, -0.2) is 0 Å². The van der Waals surface area contributed by atoms with Crippen LogP contribution in [0.4, 0.5) is 0 Å². The molecule has 0 aliphatic heterocycles.